The molecule has 0 aliphatic heterocycles. The van der Waals surface area contributed by atoms with E-state index in [2.05, 4.69) is 28.0 Å². The lowest BCUT2D eigenvalue weighted by molar-refractivity contribution is -0.145. The number of ketones is 3. The van der Waals surface area contributed by atoms with Crippen molar-refractivity contribution in [3.63, 3.8) is 0 Å². The maximum atomic E-state index is 13.6. The molecule has 0 aliphatic rings. The Hall–Kier alpha value is -6.70. The summed E-state index contributed by atoms with van der Waals surface area (Å²) < 4.78 is 45.6. The van der Waals surface area contributed by atoms with Crippen molar-refractivity contribution in [3.05, 3.63) is 54.1 Å². The first-order valence-electron chi connectivity index (χ1n) is 20.4. The molecule has 0 spiro atoms. The third-order valence-electron chi connectivity index (χ3n) is 9.70. The van der Waals surface area contributed by atoms with Crippen LogP contribution in [-0.4, -0.2) is 175 Å². The van der Waals surface area contributed by atoms with Gasteiger partial charge in [-0.3, -0.25) is 71.8 Å². The fourth-order valence-electron chi connectivity index (χ4n) is 6.40. The molecule has 30 heteroatoms. The van der Waals surface area contributed by atoms with Crippen LogP contribution < -0.4 is 25.8 Å². The summed E-state index contributed by atoms with van der Waals surface area (Å²) in [7, 11) is -4.09. The molecule has 0 radical (unpaired) electrons. The van der Waals surface area contributed by atoms with Crippen molar-refractivity contribution >= 4 is 110 Å². The number of sulfonamides is 1. The Balaban J connectivity index is 2.38. The summed E-state index contributed by atoms with van der Waals surface area (Å²) in [5.74, 6) is -17.6. The number of benzene rings is 2. The molecule has 0 bridgehead atoms. The van der Waals surface area contributed by atoms with Gasteiger partial charge in [-0.1, -0.05) is 12.1 Å². The molecule has 12 N–H and O–H groups in total. The molecule has 0 saturated heterocycles. The number of nitrogens with two attached hydrogens (primary N) is 1. The topological polar surface area (TPSA) is 441 Å². The van der Waals surface area contributed by atoms with Crippen LogP contribution >= 0.6 is 12.6 Å². The van der Waals surface area contributed by atoms with Gasteiger partial charge in [-0.25, -0.2) is 17.8 Å². The highest BCUT2D eigenvalue weighted by Gasteiger charge is 2.35. The zero-order chi connectivity index (χ0) is 52.9. The summed E-state index contributed by atoms with van der Waals surface area (Å²) in [4.78, 5) is 140. The second-order valence-corrected chi connectivity index (χ2v) is 18.1. The first kappa shape index (κ1) is 59.4. The molecule has 384 valence electrons. The molecule has 27 nitrogen and oxygen atoms in total. The molecule has 3 amide bonds. The molecule has 0 fully saturated rings. The average Bonchev–Trinajstić information content (AvgIpc) is 3.23. The van der Waals surface area contributed by atoms with Crippen molar-refractivity contribution in [2.75, 3.05) is 55.1 Å². The minimum Gasteiger partial charge on any atom is -0.481 e. The van der Waals surface area contributed by atoms with E-state index < -0.39 is 168 Å². The van der Waals surface area contributed by atoms with E-state index in [0.29, 0.717) is 5.56 Å². The number of carboxylic acid groups (broad SMARTS) is 5. The van der Waals surface area contributed by atoms with Crippen LogP contribution in [0.1, 0.15) is 37.7 Å². The Morgan fingerprint density at radius 3 is 1.57 bits per heavy atom. The maximum absolute atomic E-state index is 13.6. The highest BCUT2D eigenvalue weighted by atomic mass is 32.2. The second kappa shape index (κ2) is 28.7. The molecule has 0 heterocycles. The van der Waals surface area contributed by atoms with Gasteiger partial charge in [0, 0.05) is 49.5 Å². The predicted molar refractivity (Wildman–Crippen MR) is 245 cm³/mol. The van der Waals surface area contributed by atoms with Crippen molar-refractivity contribution in [1.82, 2.24) is 20.4 Å². The molecule has 1 unspecified atom stereocenters. The van der Waals surface area contributed by atoms with Crippen molar-refractivity contribution in [3.8, 4) is 0 Å². The van der Waals surface area contributed by atoms with Gasteiger partial charge in [0.05, 0.1) is 74.3 Å². The lowest BCUT2D eigenvalue weighted by atomic mass is 9.92. The standard InChI is InChI=1S/C40H51N7O20S3/c41-70(66,67)28-7-1-22(2-8-28)11-27(48)17-46(9-10-47(20-38(59)60)18-33(51)42-25-3-5-26(6-4-25)45-69(64)65)19-34(52)43-29(15-36(55)56)31(49)12-23(14-35(53)54)39(61)44-30(16-37(57)58)32(50)13-24(21-68)40(62)63/h1-8,23-24,29-30,45,68H,9-21H2,(H,42,51)(H,43,52)(H,44,61)(H,53,54)(H,55,56)(H,57,58)(H,59,60)(H,62,63)(H,64,65)(H2,41,66,67)/t23-,24-,29-,30-/m0/s1. The number of aliphatic carboxylic acids is 5. The van der Waals surface area contributed by atoms with Gasteiger partial charge in [-0.2, -0.15) is 12.6 Å². The van der Waals surface area contributed by atoms with Crippen LogP contribution in [0.15, 0.2) is 53.4 Å². The van der Waals surface area contributed by atoms with Gasteiger partial charge in [0.25, 0.3) is 11.3 Å². The number of anilines is 2. The summed E-state index contributed by atoms with van der Waals surface area (Å²) in [5, 5.41) is 59.3. The number of nitrogens with one attached hydrogen (secondary N) is 4. The van der Waals surface area contributed by atoms with Gasteiger partial charge in [0.15, 0.2) is 17.3 Å². The van der Waals surface area contributed by atoms with Gasteiger partial charge in [0.2, 0.25) is 27.7 Å². The molecule has 0 aliphatic carbocycles. The Morgan fingerprint density at radius 1 is 0.614 bits per heavy atom. The molecule has 2 aromatic carbocycles. The summed E-state index contributed by atoms with van der Waals surface area (Å²) in [6.07, 6.45) is -5.58. The first-order valence-corrected chi connectivity index (χ1v) is 23.7. The van der Waals surface area contributed by atoms with Crippen LogP contribution in [0.3, 0.4) is 0 Å². The summed E-state index contributed by atoms with van der Waals surface area (Å²) in [6.45, 7) is -3.39. The quantitative estimate of drug-likeness (QED) is 0.0263. The average molecular weight is 1050 g/mol. The van der Waals surface area contributed by atoms with E-state index >= 15 is 0 Å². The van der Waals surface area contributed by atoms with Crippen LogP contribution in [0, 0.1) is 11.8 Å². The Bertz CT molecular complexity index is 2400. The van der Waals surface area contributed by atoms with Crippen molar-refractivity contribution < 1.29 is 95.5 Å². The van der Waals surface area contributed by atoms with Gasteiger partial charge in [-0.15, -0.1) is 0 Å². The molecule has 70 heavy (non-hydrogen) atoms. The second-order valence-electron chi connectivity index (χ2n) is 15.4. The van der Waals surface area contributed by atoms with Crippen LogP contribution in [0.4, 0.5) is 11.4 Å². The van der Waals surface area contributed by atoms with Gasteiger partial charge in [-0.05, 0) is 42.0 Å². The monoisotopic (exact) mass is 1050 g/mol. The summed E-state index contributed by atoms with van der Waals surface area (Å²) in [5.41, 5.74) is 0.739. The zero-order valence-electron chi connectivity index (χ0n) is 36.8. The minimum atomic E-state index is -4.09. The number of primary sulfonamides is 1. The van der Waals surface area contributed by atoms with Crippen molar-refractivity contribution in [2.24, 2.45) is 17.0 Å². The fourth-order valence-corrected chi connectivity index (χ4v) is 7.54. The number of amides is 3. The van der Waals surface area contributed by atoms with E-state index in [4.69, 9.17) is 9.69 Å². The molecule has 0 saturated carbocycles. The smallest absolute Gasteiger partial charge is 0.317 e. The van der Waals surface area contributed by atoms with Crippen LogP contribution in [0.2, 0.25) is 0 Å². The van der Waals surface area contributed by atoms with Gasteiger partial charge >= 0.3 is 29.8 Å². The number of nitrogens with zero attached hydrogens (tertiary/aromatic N) is 2. The van der Waals surface area contributed by atoms with Crippen LogP contribution in [0.25, 0.3) is 0 Å². The van der Waals surface area contributed by atoms with E-state index in [1.54, 1.807) is 0 Å². The van der Waals surface area contributed by atoms with Crippen molar-refractivity contribution in [2.45, 2.75) is 55.5 Å². The Labute approximate surface area is 406 Å². The fraction of sp³-hybridized carbons (Fsp3) is 0.425. The molecule has 5 atom stereocenters. The zero-order valence-corrected chi connectivity index (χ0v) is 39.3. The number of rotatable bonds is 34. The third kappa shape index (κ3) is 23.1. The number of carbonyl (C=O) groups excluding carboxylic acids is 6. The predicted octanol–water partition coefficient (Wildman–Crippen LogP) is -2.12. The summed E-state index contributed by atoms with van der Waals surface area (Å²) >= 11 is 1.46. The number of carbonyl (C=O) groups is 11. The first-order chi connectivity index (χ1) is 32.6. The summed E-state index contributed by atoms with van der Waals surface area (Å²) in [6, 6.07) is 6.47. The van der Waals surface area contributed by atoms with Crippen LogP contribution in [0.5, 0.6) is 0 Å². The number of hydrogen-bond acceptors (Lipinski definition) is 17. The van der Waals surface area contributed by atoms with Crippen LogP contribution in [-0.2, 0) is 80.5 Å². The molecule has 0 aromatic heterocycles. The highest BCUT2D eigenvalue weighted by Crippen LogP contribution is 2.17. The van der Waals surface area contributed by atoms with Gasteiger partial charge < -0.3 is 41.5 Å². The van der Waals surface area contributed by atoms with E-state index in [-0.39, 0.29) is 41.5 Å². The Kier molecular flexibility index (Phi) is 24.4. The normalized spacial score (nSPS) is 13.4. The Morgan fingerprint density at radius 2 is 1.10 bits per heavy atom. The number of thiol groups is 1. The largest absolute Gasteiger partial charge is 0.481 e. The number of carboxylic acids is 5. The van der Waals surface area contributed by atoms with E-state index in [1.165, 1.54) is 36.4 Å². The van der Waals surface area contributed by atoms with E-state index in [9.17, 15) is 90.9 Å². The molecule has 2 aromatic rings. The number of Topliss-reactive ketones (excluding diaryl/α,β-unsaturated/α-hetero) is 3. The molecule has 2 rings (SSSR count). The lowest BCUT2D eigenvalue weighted by Crippen LogP contribution is -2.50. The van der Waals surface area contributed by atoms with E-state index in [0.717, 1.165) is 21.9 Å². The minimum absolute atomic E-state index is 0.212. The molecular formula is C40H51N7O20S3. The van der Waals surface area contributed by atoms with E-state index in [1.807, 2.05) is 5.32 Å². The maximum Gasteiger partial charge on any atom is 0.317 e. The van der Waals surface area contributed by atoms with Gasteiger partial charge in [0.1, 0.15) is 0 Å². The number of hydrogen-bond donors (Lipinski definition) is 12. The lowest BCUT2D eigenvalue weighted by Gasteiger charge is -2.27. The SMILES string of the molecule is NS(=O)(=O)c1ccc(CC(=O)CN(CCN(CC(=O)O)CC(=O)Nc2ccc(NS(=O)O)cc2)CC(=O)N[C@@H](CC(=O)O)C(=O)C[C@@H](CC(=O)O)C(=O)N[C@@H](CC(=O)O)C(=O)C[C@@H](CS)C(=O)O)cc1. The molecular weight excluding hydrogens is 995 g/mol. The third-order valence-corrected chi connectivity index (χ3v) is 11.5. The van der Waals surface area contributed by atoms with Crippen molar-refractivity contribution in [1.29, 1.82) is 0 Å². The highest BCUT2D eigenvalue weighted by molar-refractivity contribution is 7.89.